The van der Waals surface area contributed by atoms with Gasteiger partial charge in [-0.1, -0.05) is 37.3 Å². The molecule has 0 aliphatic heterocycles. The van der Waals surface area contributed by atoms with E-state index < -0.39 is 9.62 Å². The van der Waals surface area contributed by atoms with Crippen molar-refractivity contribution in [3.8, 4) is 0 Å². The Morgan fingerprint density at radius 3 is 2.38 bits per heavy atom. The lowest BCUT2D eigenvalue weighted by molar-refractivity contribution is -0.119. The molecular weight excluding hydrogens is 216 g/mol. The molecule has 2 heteroatoms. The van der Waals surface area contributed by atoms with Gasteiger partial charge in [-0.15, -0.1) is 9.62 Å². The van der Waals surface area contributed by atoms with Gasteiger partial charge in [0.15, 0.2) is 5.78 Å². The van der Waals surface area contributed by atoms with E-state index in [1.165, 1.54) is 5.56 Å². The molecule has 0 heterocycles. The van der Waals surface area contributed by atoms with E-state index in [0.717, 1.165) is 6.42 Å². The summed E-state index contributed by atoms with van der Waals surface area (Å²) in [6.45, 7) is 2.01. The number of carbonyl (C=O) groups is 1. The van der Waals surface area contributed by atoms with Crippen LogP contribution in [0.1, 0.15) is 12.5 Å². The molecule has 0 bridgehead atoms. The molecule has 1 atom stereocenters. The van der Waals surface area contributed by atoms with Gasteiger partial charge in [0.2, 0.25) is 0 Å². The summed E-state index contributed by atoms with van der Waals surface area (Å²) in [6.07, 6.45) is 5.01. The van der Waals surface area contributed by atoms with Crippen LogP contribution in [0.4, 0.5) is 0 Å². The van der Waals surface area contributed by atoms with Crippen LogP contribution in [0.5, 0.6) is 0 Å². The highest BCUT2D eigenvalue weighted by molar-refractivity contribution is 8.10. The van der Waals surface area contributed by atoms with Gasteiger partial charge in [0, 0.05) is 11.8 Å². The molecule has 88 valence electrons. The third-order valence-electron chi connectivity index (χ3n) is 2.47. The normalized spacial score (nSPS) is 13.4. The van der Waals surface area contributed by atoms with E-state index in [9.17, 15) is 4.79 Å². The maximum absolute atomic E-state index is 11.9. The summed E-state index contributed by atoms with van der Waals surface area (Å²) in [5.41, 5.74) is 1.24. The summed E-state index contributed by atoms with van der Waals surface area (Å²) in [5, 5.41) is 0. The molecule has 0 unspecified atom stereocenters. The fourth-order valence-electron chi connectivity index (χ4n) is 1.61. The average Bonchev–Trinajstić information content (AvgIpc) is 2.16. The molecule has 0 amide bonds. The van der Waals surface area contributed by atoms with Gasteiger partial charge < -0.3 is 0 Å². The first-order valence-electron chi connectivity index (χ1n) is 5.49. The molecule has 1 nitrogen and oxygen atoms in total. The Morgan fingerprint density at radius 1 is 1.31 bits per heavy atom. The second-order valence-corrected chi connectivity index (χ2v) is 8.79. The number of ketones is 1. The van der Waals surface area contributed by atoms with E-state index in [2.05, 4.69) is 30.5 Å². The van der Waals surface area contributed by atoms with E-state index in [1.54, 1.807) is 0 Å². The minimum absolute atomic E-state index is 0.107. The van der Waals surface area contributed by atoms with E-state index in [0.29, 0.717) is 11.5 Å². The van der Waals surface area contributed by atoms with Crippen LogP contribution < -0.4 is 0 Å². The zero-order valence-electron chi connectivity index (χ0n) is 10.4. The molecule has 1 aromatic rings. The second kappa shape index (κ2) is 5.44. The van der Waals surface area contributed by atoms with Crippen LogP contribution in [0.25, 0.3) is 0 Å². The van der Waals surface area contributed by atoms with Gasteiger partial charge in [-0.2, -0.15) is 0 Å². The number of rotatable bonds is 5. The first kappa shape index (κ1) is 13.2. The zero-order chi connectivity index (χ0) is 12.2. The summed E-state index contributed by atoms with van der Waals surface area (Å²) in [6, 6.07) is 10.2. The monoisotopic (exact) mass is 237 g/mol. The van der Waals surface area contributed by atoms with Crippen molar-refractivity contribution < 1.29 is 4.79 Å². The molecule has 0 radical (unpaired) electrons. The topological polar surface area (TPSA) is 17.1 Å². The van der Waals surface area contributed by atoms with Crippen LogP contribution in [0, 0.1) is 5.92 Å². The minimum Gasteiger partial charge on any atom is -0.294 e. The van der Waals surface area contributed by atoms with Gasteiger partial charge in [0.05, 0.1) is 12.5 Å². The summed E-state index contributed by atoms with van der Waals surface area (Å²) in [5.74, 6) is 5.16. The van der Waals surface area contributed by atoms with Crippen molar-refractivity contribution in [1.82, 2.24) is 0 Å². The molecular formula is C14H21OS+. The SMILES string of the molecule is C=[S+](C)(C)CC(=O)[C@@H](C)Cc1ccccc1. The Balaban J connectivity index is 2.56. The van der Waals surface area contributed by atoms with Crippen LogP contribution in [0.15, 0.2) is 30.3 Å². The highest BCUT2D eigenvalue weighted by Gasteiger charge is 2.19. The Hall–Kier alpha value is -0.890. The van der Waals surface area contributed by atoms with E-state index in [1.807, 2.05) is 25.1 Å². The Morgan fingerprint density at radius 2 is 1.88 bits per heavy atom. The number of hydrogen-bond acceptors (Lipinski definition) is 1. The third-order valence-corrected chi connectivity index (χ3v) is 3.53. The van der Waals surface area contributed by atoms with Gasteiger partial charge in [-0.25, -0.2) is 0 Å². The molecule has 0 aliphatic carbocycles. The van der Waals surface area contributed by atoms with Crippen molar-refractivity contribution in [2.75, 3.05) is 18.3 Å². The standard InChI is InChI=1S/C14H21OS/c1-12(14(15)11-16(2,3)4)10-13-8-6-5-7-9-13/h5-9,12H,2,10-11H2,1,3-4H3/q+1/t12-/m0/s1. The first-order chi connectivity index (χ1) is 7.38. The van der Waals surface area contributed by atoms with Crippen molar-refractivity contribution in [3.05, 3.63) is 35.9 Å². The Labute approximate surface area is 99.8 Å². The summed E-state index contributed by atoms with van der Waals surface area (Å²) in [4.78, 5) is 11.9. The zero-order valence-corrected chi connectivity index (χ0v) is 11.2. The van der Waals surface area contributed by atoms with E-state index >= 15 is 0 Å². The third kappa shape index (κ3) is 4.75. The van der Waals surface area contributed by atoms with Gasteiger partial charge in [0.1, 0.15) is 5.75 Å². The van der Waals surface area contributed by atoms with Gasteiger partial charge >= 0.3 is 0 Å². The molecule has 0 spiro atoms. The van der Waals surface area contributed by atoms with E-state index in [-0.39, 0.29) is 5.92 Å². The molecule has 0 aliphatic rings. The smallest absolute Gasteiger partial charge is 0.181 e. The summed E-state index contributed by atoms with van der Waals surface area (Å²) >= 11 is 0. The van der Waals surface area contributed by atoms with Crippen molar-refractivity contribution in [2.24, 2.45) is 5.92 Å². The molecule has 0 saturated heterocycles. The van der Waals surface area contributed by atoms with Gasteiger partial charge in [-0.05, 0) is 12.0 Å². The minimum atomic E-state index is -0.960. The lowest BCUT2D eigenvalue weighted by Gasteiger charge is -2.12. The molecule has 0 N–H and O–H groups in total. The highest BCUT2D eigenvalue weighted by atomic mass is 32.2. The maximum atomic E-state index is 11.9. The fraction of sp³-hybridized carbons (Fsp3) is 0.429. The lowest BCUT2D eigenvalue weighted by Crippen LogP contribution is -2.26. The molecule has 1 rings (SSSR count). The number of benzene rings is 1. The van der Waals surface area contributed by atoms with Crippen LogP contribution in [0.3, 0.4) is 0 Å². The summed E-state index contributed by atoms with van der Waals surface area (Å²) in [7, 11) is -0.960. The van der Waals surface area contributed by atoms with Crippen molar-refractivity contribution in [2.45, 2.75) is 13.3 Å². The van der Waals surface area contributed by atoms with Crippen LogP contribution in [-0.2, 0) is 20.8 Å². The molecule has 0 aromatic heterocycles. The van der Waals surface area contributed by atoms with Crippen LogP contribution >= 0.6 is 0 Å². The predicted molar refractivity (Wildman–Crippen MR) is 75.5 cm³/mol. The number of Topliss-reactive ketones (excluding diaryl/α,β-unsaturated/α-hetero) is 1. The number of hydrogen-bond donors (Lipinski definition) is 0. The summed E-state index contributed by atoms with van der Waals surface area (Å²) < 4.78 is 0. The molecule has 1 aromatic carbocycles. The van der Waals surface area contributed by atoms with Crippen LogP contribution in [0.2, 0.25) is 0 Å². The van der Waals surface area contributed by atoms with Crippen molar-refractivity contribution in [3.63, 3.8) is 0 Å². The average molecular weight is 237 g/mol. The van der Waals surface area contributed by atoms with Crippen molar-refractivity contribution >= 4 is 21.3 Å². The molecule has 16 heavy (non-hydrogen) atoms. The molecule has 0 fully saturated rings. The fourth-order valence-corrected chi connectivity index (χ4v) is 2.66. The second-order valence-electron chi connectivity index (χ2n) is 4.97. The number of carbonyl (C=O) groups excluding carboxylic acids is 1. The largest absolute Gasteiger partial charge is 0.294 e. The lowest BCUT2D eigenvalue weighted by atomic mass is 9.98. The highest BCUT2D eigenvalue weighted by Crippen LogP contribution is 2.11. The quantitative estimate of drug-likeness (QED) is 0.567. The first-order valence-corrected chi connectivity index (χ1v) is 8.28. The van der Waals surface area contributed by atoms with Gasteiger partial charge in [-0.3, -0.25) is 4.79 Å². The molecule has 0 saturated carbocycles. The maximum Gasteiger partial charge on any atom is 0.181 e. The van der Waals surface area contributed by atoms with Crippen molar-refractivity contribution in [1.29, 1.82) is 0 Å². The van der Waals surface area contributed by atoms with Gasteiger partial charge in [0.25, 0.3) is 0 Å². The predicted octanol–water partition coefficient (Wildman–Crippen LogP) is 2.28. The Bertz CT molecular complexity index is 388. The van der Waals surface area contributed by atoms with Crippen LogP contribution in [-0.4, -0.2) is 29.9 Å². The van der Waals surface area contributed by atoms with E-state index in [4.69, 9.17) is 0 Å². The Kier molecular flexibility index (Phi) is 4.48.